The number of carbonyl (C=O) groups excluding carboxylic acids is 3. The van der Waals surface area contributed by atoms with E-state index in [0.717, 1.165) is 5.56 Å². The molecule has 1 aromatic carbocycles. The van der Waals surface area contributed by atoms with Gasteiger partial charge in [0.05, 0.1) is 6.61 Å². The van der Waals surface area contributed by atoms with Crippen LogP contribution in [0.3, 0.4) is 0 Å². The molecule has 0 unspecified atom stereocenters. The third-order valence-corrected chi connectivity index (χ3v) is 3.60. The maximum Gasteiger partial charge on any atom is 0.409 e. The van der Waals surface area contributed by atoms with Crippen LogP contribution in [-0.4, -0.2) is 60.4 Å². The van der Waals surface area contributed by atoms with Crippen molar-refractivity contribution in [1.82, 2.24) is 9.80 Å². The van der Waals surface area contributed by atoms with Crippen molar-refractivity contribution in [2.24, 2.45) is 0 Å². The van der Waals surface area contributed by atoms with Crippen molar-refractivity contribution >= 4 is 17.8 Å². The van der Waals surface area contributed by atoms with Gasteiger partial charge in [-0.1, -0.05) is 29.8 Å². The van der Waals surface area contributed by atoms with E-state index in [1.165, 1.54) is 4.90 Å². The molecule has 1 aliphatic heterocycles. The van der Waals surface area contributed by atoms with Crippen LogP contribution in [0.25, 0.3) is 0 Å². The minimum absolute atomic E-state index is 0.323. The number of hydrogen-bond acceptors (Lipinski definition) is 4. The van der Waals surface area contributed by atoms with E-state index >= 15 is 0 Å². The molecule has 0 spiro atoms. The molecule has 118 valence electrons. The van der Waals surface area contributed by atoms with Crippen molar-refractivity contribution in [3.05, 3.63) is 35.4 Å². The van der Waals surface area contributed by atoms with Gasteiger partial charge in [0.25, 0.3) is 5.91 Å². The van der Waals surface area contributed by atoms with Crippen molar-refractivity contribution < 1.29 is 19.1 Å². The summed E-state index contributed by atoms with van der Waals surface area (Å²) in [5.41, 5.74) is 1.43. The fraction of sp³-hybridized carbons (Fsp3) is 0.438. The van der Waals surface area contributed by atoms with Gasteiger partial charge in [0.1, 0.15) is 0 Å². The first-order valence-corrected chi connectivity index (χ1v) is 7.35. The molecule has 1 aliphatic rings. The minimum atomic E-state index is -0.521. The van der Waals surface area contributed by atoms with E-state index in [2.05, 4.69) is 0 Å². The summed E-state index contributed by atoms with van der Waals surface area (Å²) in [4.78, 5) is 39.0. The first-order valence-electron chi connectivity index (χ1n) is 7.35. The Labute approximate surface area is 129 Å². The monoisotopic (exact) mass is 304 g/mol. The minimum Gasteiger partial charge on any atom is -0.450 e. The largest absolute Gasteiger partial charge is 0.450 e. The maximum atomic E-state index is 12.2. The van der Waals surface area contributed by atoms with E-state index in [-0.39, 0.29) is 6.09 Å². The fourth-order valence-electron chi connectivity index (χ4n) is 2.28. The predicted octanol–water partition coefficient (Wildman–Crippen LogP) is 1.48. The molecule has 0 radical (unpaired) electrons. The molecule has 1 heterocycles. The lowest BCUT2D eigenvalue weighted by atomic mass is 10.1. The Bertz CT molecular complexity index is 560. The molecular formula is C16H20N2O4. The first kappa shape index (κ1) is 16.0. The van der Waals surface area contributed by atoms with Crippen molar-refractivity contribution in [2.45, 2.75) is 13.8 Å². The summed E-state index contributed by atoms with van der Waals surface area (Å²) in [6.07, 6.45) is -0.375. The third kappa shape index (κ3) is 3.63. The Kier molecular flexibility index (Phi) is 5.14. The molecule has 1 aromatic rings. The van der Waals surface area contributed by atoms with Gasteiger partial charge in [-0.25, -0.2) is 4.79 Å². The van der Waals surface area contributed by atoms with Gasteiger partial charge in [-0.05, 0) is 13.8 Å². The zero-order valence-electron chi connectivity index (χ0n) is 12.9. The van der Waals surface area contributed by atoms with Gasteiger partial charge < -0.3 is 14.5 Å². The number of benzene rings is 1. The smallest absolute Gasteiger partial charge is 0.409 e. The molecule has 6 heteroatoms. The lowest BCUT2D eigenvalue weighted by Gasteiger charge is -2.33. The van der Waals surface area contributed by atoms with Gasteiger partial charge in [0.15, 0.2) is 0 Å². The van der Waals surface area contributed by atoms with E-state index in [4.69, 9.17) is 4.74 Å². The van der Waals surface area contributed by atoms with E-state index in [0.29, 0.717) is 38.3 Å². The van der Waals surface area contributed by atoms with E-state index in [1.54, 1.807) is 36.1 Å². The number of aryl methyl sites for hydroxylation is 1. The van der Waals surface area contributed by atoms with E-state index in [9.17, 15) is 14.4 Å². The van der Waals surface area contributed by atoms with Gasteiger partial charge >= 0.3 is 6.09 Å². The third-order valence-electron chi connectivity index (χ3n) is 3.60. The normalized spacial score (nSPS) is 14.6. The molecule has 2 amide bonds. The highest BCUT2D eigenvalue weighted by Crippen LogP contribution is 2.09. The van der Waals surface area contributed by atoms with Crippen LogP contribution in [0.4, 0.5) is 4.79 Å². The highest BCUT2D eigenvalue weighted by molar-refractivity contribution is 6.42. The summed E-state index contributed by atoms with van der Waals surface area (Å²) in [7, 11) is 0. The number of nitrogens with zero attached hydrogens (tertiary/aromatic N) is 2. The van der Waals surface area contributed by atoms with Crippen LogP contribution in [0.5, 0.6) is 0 Å². The molecule has 0 aromatic heterocycles. The van der Waals surface area contributed by atoms with Gasteiger partial charge in [0.2, 0.25) is 5.78 Å². The number of carbonyl (C=O) groups is 3. The molecule has 22 heavy (non-hydrogen) atoms. The number of ether oxygens (including phenoxy) is 1. The Balaban J connectivity index is 1.93. The predicted molar refractivity (Wildman–Crippen MR) is 80.7 cm³/mol. The van der Waals surface area contributed by atoms with Crippen LogP contribution in [0.1, 0.15) is 22.8 Å². The van der Waals surface area contributed by atoms with Crippen LogP contribution < -0.4 is 0 Å². The second-order valence-corrected chi connectivity index (χ2v) is 5.17. The number of rotatable bonds is 3. The number of Topliss-reactive ketones (excluding diaryl/α,β-unsaturated/α-hetero) is 1. The summed E-state index contributed by atoms with van der Waals surface area (Å²) in [5.74, 6) is -1.03. The zero-order valence-corrected chi connectivity index (χ0v) is 12.9. The highest BCUT2D eigenvalue weighted by atomic mass is 16.6. The molecule has 0 aliphatic carbocycles. The summed E-state index contributed by atoms with van der Waals surface area (Å²) in [6.45, 7) is 5.44. The van der Waals surface area contributed by atoms with Gasteiger partial charge in [0, 0.05) is 31.7 Å². The molecule has 0 atom stereocenters. The molecular weight excluding hydrogens is 284 g/mol. The van der Waals surface area contributed by atoms with Crippen molar-refractivity contribution in [1.29, 1.82) is 0 Å². The topological polar surface area (TPSA) is 66.9 Å². The van der Waals surface area contributed by atoms with Crippen LogP contribution in [0.15, 0.2) is 24.3 Å². The average molecular weight is 304 g/mol. The fourth-order valence-corrected chi connectivity index (χ4v) is 2.28. The van der Waals surface area contributed by atoms with Crippen molar-refractivity contribution in [3.8, 4) is 0 Å². The molecule has 6 nitrogen and oxygen atoms in total. The van der Waals surface area contributed by atoms with Gasteiger partial charge in [-0.15, -0.1) is 0 Å². The Morgan fingerprint density at radius 2 is 1.55 bits per heavy atom. The first-order chi connectivity index (χ1) is 10.5. The van der Waals surface area contributed by atoms with Crippen molar-refractivity contribution in [2.75, 3.05) is 32.8 Å². The van der Waals surface area contributed by atoms with Crippen molar-refractivity contribution in [3.63, 3.8) is 0 Å². The number of ketones is 1. The summed E-state index contributed by atoms with van der Waals surface area (Å²) >= 11 is 0. The highest BCUT2D eigenvalue weighted by Gasteiger charge is 2.28. The molecule has 0 saturated carbocycles. The number of amides is 2. The molecule has 0 N–H and O–H groups in total. The Hall–Kier alpha value is -2.37. The van der Waals surface area contributed by atoms with E-state index < -0.39 is 11.7 Å². The zero-order chi connectivity index (χ0) is 16.1. The molecule has 1 fully saturated rings. The molecule has 0 bridgehead atoms. The van der Waals surface area contributed by atoms with Crippen LogP contribution in [0, 0.1) is 6.92 Å². The number of hydrogen-bond donors (Lipinski definition) is 0. The second kappa shape index (κ2) is 7.06. The van der Waals surface area contributed by atoms with Gasteiger partial charge in [-0.2, -0.15) is 0 Å². The van der Waals surface area contributed by atoms with Crippen LogP contribution >= 0.6 is 0 Å². The SMILES string of the molecule is CCOC(=O)N1CCN(C(=O)C(=O)c2ccc(C)cc2)CC1. The second-order valence-electron chi connectivity index (χ2n) is 5.17. The Morgan fingerprint density at radius 3 is 2.09 bits per heavy atom. The quantitative estimate of drug-likeness (QED) is 0.626. The van der Waals surface area contributed by atoms with Crippen LogP contribution in [0.2, 0.25) is 0 Å². The number of piperazine rings is 1. The van der Waals surface area contributed by atoms with Crippen LogP contribution in [-0.2, 0) is 9.53 Å². The summed E-state index contributed by atoms with van der Waals surface area (Å²) in [6, 6.07) is 6.92. The lowest BCUT2D eigenvalue weighted by Crippen LogP contribution is -2.52. The summed E-state index contributed by atoms with van der Waals surface area (Å²) < 4.78 is 4.92. The standard InChI is InChI=1S/C16H20N2O4/c1-3-22-16(21)18-10-8-17(9-11-18)15(20)14(19)13-6-4-12(2)5-7-13/h4-7H,3,8-11H2,1-2H3. The lowest BCUT2D eigenvalue weighted by molar-refractivity contribution is -0.128. The molecule has 1 saturated heterocycles. The van der Waals surface area contributed by atoms with Gasteiger partial charge in [-0.3, -0.25) is 9.59 Å². The summed E-state index contributed by atoms with van der Waals surface area (Å²) in [5, 5.41) is 0. The maximum absolute atomic E-state index is 12.2. The Morgan fingerprint density at radius 1 is 1.00 bits per heavy atom. The molecule has 2 rings (SSSR count). The average Bonchev–Trinajstić information content (AvgIpc) is 2.54. The van der Waals surface area contributed by atoms with E-state index in [1.807, 2.05) is 6.92 Å².